The first kappa shape index (κ1) is 34.0. The predicted octanol–water partition coefficient (Wildman–Crippen LogP) is 7.46. The smallest absolute Gasteiger partial charge is 0.329 e. The van der Waals surface area contributed by atoms with Gasteiger partial charge in [-0.15, -0.1) is 0 Å². The first-order valence-electron chi connectivity index (χ1n) is 14.4. The second-order valence-electron chi connectivity index (χ2n) is 10.9. The molecule has 1 unspecified atom stereocenters. The molecule has 6 nitrogen and oxygen atoms in total. The normalized spacial score (nSPS) is 13.9. The quantitative estimate of drug-likeness (QED) is 0.0686. The average molecular weight is 508 g/mol. The van der Waals surface area contributed by atoms with Crippen LogP contribution in [0.3, 0.4) is 0 Å². The molecule has 2 N–H and O–H groups in total. The highest BCUT2D eigenvalue weighted by atomic mass is 31.2. The third-order valence-corrected chi connectivity index (χ3v) is 7.27. The lowest BCUT2D eigenvalue weighted by Gasteiger charge is -2.24. The summed E-state index contributed by atoms with van der Waals surface area (Å²) in [6.07, 6.45) is 25.0. The number of quaternary nitrogens is 1. The van der Waals surface area contributed by atoms with Crippen molar-refractivity contribution >= 4 is 7.82 Å². The van der Waals surface area contributed by atoms with Crippen LogP contribution in [0.25, 0.3) is 0 Å². The summed E-state index contributed by atoms with van der Waals surface area (Å²) in [5, 5.41) is 3.28. The summed E-state index contributed by atoms with van der Waals surface area (Å²) in [7, 11) is 2.11. The Hall–Kier alpha value is 0.0300. The van der Waals surface area contributed by atoms with E-state index >= 15 is 0 Å². The van der Waals surface area contributed by atoms with Gasteiger partial charge in [-0.3, -0.25) is 9.05 Å². The van der Waals surface area contributed by atoms with Crippen LogP contribution < -0.4 is 5.32 Å². The number of nitrogens with zero attached hydrogens (tertiary/aromatic N) is 1. The zero-order chi connectivity index (χ0) is 25.4. The van der Waals surface area contributed by atoms with Crippen molar-refractivity contribution in [3.8, 4) is 0 Å². The molecule has 0 aliphatic heterocycles. The van der Waals surface area contributed by atoms with Gasteiger partial charge < -0.3 is 14.7 Å². The van der Waals surface area contributed by atoms with Crippen LogP contribution in [0.1, 0.15) is 122 Å². The topological polar surface area (TPSA) is 67.8 Å². The fourth-order valence-corrected chi connectivity index (χ4v) is 4.69. The van der Waals surface area contributed by atoms with Gasteiger partial charge in [-0.25, -0.2) is 4.57 Å². The molecule has 0 spiro atoms. The minimum absolute atomic E-state index is 0.192. The third-order valence-electron chi connectivity index (χ3n) is 6.26. The van der Waals surface area contributed by atoms with Crippen LogP contribution in [0.4, 0.5) is 0 Å². The van der Waals surface area contributed by atoms with Crippen LogP contribution in [0.15, 0.2) is 0 Å². The van der Waals surface area contributed by atoms with Crippen molar-refractivity contribution < 1.29 is 23.0 Å². The second kappa shape index (κ2) is 23.4. The molecule has 0 radical (unpaired) electrons. The molecule has 0 aromatic rings. The molecule has 0 rings (SSSR count). The number of phosphoric acid groups is 1. The molecule has 0 aromatic heterocycles. The molecular formula is C27H60N2O4P+. The number of likely N-dealkylation sites (N-methyl/N-ethyl adjacent to an activating group) is 1. The van der Waals surface area contributed by atoms with Gasteiger partial charge >= 0.3 is 7.82 Å². The Bertz CT molecular complexity index is 472. The molecule has 0 aliphatic rings. The van der Waals surface area contributed by atoms with Gasteiger partial charge in [-0.2, -0.15) is 0 Å². The van der Waals surface area contributed by atoms with Gasteiger partial charge in [0, 0.05) is 6.54 Å². The van der Waals surface area contributed by atoms with E-state index in [0.717, 1.165) is 13.0 Å². The summed E-state index contributed by atoms with van der Waals surface area (Å²) in [5.74, 6) is 0. The van der Waals surface area contributed by atoms with Gasteiger partial charge in [-0.05, 0) is 13.0 Å². The van der Waals surface area contributed by atoms with E-state index in [9.17, 15) is 9.46 Å². The van der Waals surface area contributed by atoms with E-state index < -0.39 is 7.82 Å². The summed E-state index contributed by atoms with van der Waals surface area (Å²) in [6, 6.07) is 0. The molecular weight excluding hydrogens is 447 g/mol. The fraction of sp³-hybridized carbons (Fsp3) is 1.00. The number of hydrogen-bond donors (Lipinski definition) is 2. The van der Waals surface area contributed by atoms with E-state index in [-0.39, 0.29) is 13.2 Å². The molecule has 0 bridgehead atoms. The van der Waals surface area contributed by atoms with E-state index in [1.54, 1.807) is 0 Å². The monoisotopic (exact) mass is 507 g/mol. The van der Waals surface area contributed by atoms with Gasteiger partial charge in [0.1, 0.15) is 13.2 Å². The number of nitrogens with one attached hydrogen (secondary N) is 1. The van der Waals surface area contributed by atoms with E-state index in [2.05, 4.69) is 12.2 Å². The van der Waals surface area contributed by atoms with E-state index in [4.69, 9.17) is 9.05 Å². The summed E-state index contributed by atoms with van der Waals surface area (Å²) in [4.78, 5) is 9.65. The Kier molecular flexibility index (Phi) is 23.5. The number of rotatable bonds is 27. The second-order valence-corrected chi connectivity index (χ2v) is 12.4. The predicted molar refractivity (Wildman–Crippen MR) is 146 cm³/mol. The molecule has 206 valence electrons. The van der Waals surface area contributed by atoms with Crippen molar-refractivity contribution in [3.63, 3.8) is 0 Å². The van der Waals surface area contributed by atoms with Crippen LogP contribution in [-0.4, -0.2) is 63.4 Å². The molecule has 0 saturated carbocycles. The van der Waals surface area contributed by atoms with Crippen molar-refractivity contribution in [3.05, 3.63) is 0 Å². The maximum atomic E-state index is 11.8. The molecule has 0 aliphatic carbocycles. The lowest BCUT2D eigenvalue weighted by atomic mass is 10.0. The van der Waals surface area contributed by atoms with Crippen molar-refractivity contribution in [2.75, 3.05) is 54.0 Å². The number of phosphoric ester groups is 1. The Morgan fingerprint density at radius 3 is 1.41 bits per heavy atom. The van der Waals surface area contributed by atoms with Gasteiger partial charge in [0.2, 0.25) is 0 Å². The average Bonchev–Trinajstić information content (AvgIpc) is 2.76. The summed E-state index contributed by atoms with van der Waals surface area (Å²) in [6.45, 7) is 4.85. The van der Waals surface area contributed by atoms with Crippen molar-refractivity contribution in [2.24, 2.45) is 0 Å². The van der Waals surface area contributed by atoms with E-state index in [1.165, 1.54) is 109 Å². The Morgan fingerprint density at radius 2 is 1.00 bits per heavy atom. The molecule has 0 heterocycles. The van der Waals surface area contributed by atoms with Gasteiger partial charge in [-0.1, -0.05) is 116 Å². The summed E-state index contributed by atoms with van der Waals surface area (Å²) >= 11 is 0. The minimum atomic E-state index is -3.92. The summed E-state index contributed by atoms with van der Waals surface area (Å²) in [5.41, 5.74) is 0. The van der Waals surface area contributed by atoms with E-state index in [1.807, 2.05) is 21.1 Å². The van der Waals surface area contributed by atoms with Crippen molar-refractivity contribution in [1.29, 1.82) is 0 Å². The van der Waals surface area contributed by atoms with Gasteiger partial charge in [0.25, 0.3) is 0 Å². The standard InChI is InChI=1S/C27H59N2O4P/c1-5-6-7-8-9-10-11-12-13-14-15-16-17-18-19-20-21-22-23-28-24-26-32-34(30,31)33-27-25-29(2,3)4/h28H,5-27H2,1-4H3/p+1. The Balaban J connectivity index is 3.22. The molecule has 7 heteroatoms. The largest absolute Gasteiger partial charge is 0.472 e. The maximum Gasteiger partial charge on any atom is 0.472 e. The molecule has 0 fully saturated rings. The highest BCUT2D eigenvalue weighted by molar-refractivity contribution is 7.47. The highest BCUT2D eigenvalue weighted by Crippen LogP contribution is 2.42. The lowest BCUT2D eigenvalue weighted by molar-refractivity contribution is -0.870. The van der Waals surface area contributed by atoms with Crippen LogP contribution in [0.5, 0.6) is 0 Å². The molecule has 0 saturated heterocycles. The fourth-order valence-electron chi connectivity index (χ4n) is 3.98. The number of unbranched alkanes of at least 4 members (excludes halogenated alkanes) is 17. The molecule has 1 atom stereocenters. The van der Waals surface area contributed by atoms with Crippen molar-refractivity contribution in [1.82, 2.24) is 5.32 Å². The SMILES string of the molecule is CCCCCCCCCCCCCCCCCCCCNCCOP(=O)(O)OCC[N+](C)(C)C. The van der Waals surface area contributed by atoms with E-state index in [0.29, 0.717) is 17.6 Å². The molecule has 0 amide bonds. The zero-order valence-electron chi connectivity index (χ0n) is 23.3. The summed E-state index contributed by atoms with van der Waals surface area (Å²) < 4.78 is 22.5. The maximum absolute atomic E-state index is 11.8. The van der Waals surface area contributed by atoms with Crippen LogP contribution in [0, 0.1) is 0 Å². The van der Waals surface area contributed by atoms with Crippen LogP contribution in [-0.2, 0) is 13.6 Å². The lowest BCUT2D eigenvalue weighted by Crippen LogP contribution is -2.37. The molecule has 34 heavy (non-hydrogen) atoms. The van der Waals surface area contributed by atoms with Crippen LogP contribution >= 0.6 is 7.82 Å². The molecule has 0 aromatic carbocycles. The van der Waals surface area contributed by atoms with Crippen LogP contribution in [0.2, 0.25) is 0 Å². The number of hydrogen-bond acceptors (Lipinski definition) is 4. The third kappa shape index (κ3) is 28.3. The minimum Gasteiger partial charge on any atom is -0.329 e. The van der Waals surface area contributed by atoms with Gasteiger partial charge in [0.15, 0.2) is 0 Å². The first-order chi connectivity index (χ1) is 16.3. The Labute approximate surface area is 212 Å². The zero-order valence-corrected chi connectivity index (χ0v) is 24.2. The highest BCUT2D eigenvalue weighted by Gasteiger charge is 2.21. The Morgan fingerprint density at radius 1 is 0.618 bits per heavy atom. The van der Waals surface area contributed by atoms with Gasteiger partial charge in [0.05, 0.1) is 27.7 Å². The van der Waals surface area contributed by atoms with Crippen molar-refractivity contribution in [2.45, 2.75) is 122 Å². The first-order valence-corrected chi connectivity index (χ1v) is 15.9.